The highest BCUT2D eigenvalue weighted by molar-refractivity contribution is 4.91. The summed E-state index contributed by atoms with van der Waals surface area (Å²) in [7, 11) is 0. The van der Waals surface area contributed by atoms with E-state index in [1.807, 2.05) is 0 Å². The molecule has 0 spiro atoms. The monoisotopic (exact) mass is 210 g/mol. The van der Waals surface area contributed by atoms with Crippen LogP contribution in [0.4, 0.5) is 0 Å². The normalized spacial score (nSPS) is 29.2. The Morgan fingerprint density at radius 1 is 1.00 bits per heavy atom. The first-order chi connectivity index (χ1) is 7.06. The predicted molar refractivity (Wildman–Crippen MR) is 68.9 cm³/mol. The van der Waals surface area contributed by atoms with Crippen LogP contribution in [0.2, 0.25) is 0 Å². The van der Waals surface area contributed by atoms with Crippen molar-refractivity contribution in [2.45, 2.75) is 66.7 Å². The topological polar surface area (TPSA) is 0 Å². The third-order valence-corrected chi connectivity index (χ3v) is 4.53. The highest BCUT2D eigenvalue weighted by Gasteiger charge is 2.41. The van der Waals surface area contributed by atoms with Gasteiger partial charge in [-0.2, -0.15) is 0 Å². The van der Waals surface area contributed by atoms with Crippen molar-refractivity contribution in [1.82, 2.24) is 0 Å². The molecule has 1 rings (SSSR count). The molecule has 0 aromatic rings. The summed E-state index contributed by atoms with van der Waals surface area (Å²) in [6, 6.07) is 0. The fraction of sp³-hybridized carbons (Fsp3) is 1.00. The largest absolute Gasteiger partial charge is 0.0651 e. The fourth-order valence-electron chi connectivity index (χ4n) is 2.86. The first-order valence-corrected chi connectivity index (χ1v) is 7.06. The summed E-state index contributed by atoms with van der Waals surface area (Å²) < 4.78 is 0. The van der Waals surface area contributed by atoms with Crippen molar-refractivity contribution in [3.05, 3.63) is 0 Å². The summed E-state index contributed by atoms with van der Waals surface area (Å²) in [6.45, 7) is 11.9. The summed E-state index contributed by atoms with van der Waals surface area (Å²) in [4.78, 5) is 0. The van der Waals surface area contributed by atoms with Gasteiger partial charge in [0.2, 0.25) is 0 Å². The van der Waals surface area contributed by atoms with E-state index >= 15 is 0 Å². The molecule has 4 unspecified atom stereocenters. The average molecular weight is 210 g/mol. The van der Waals surface area contributed by atoms with Gasteiger partial charge in [0.1, 0.15) is 0 Å². The lowest BCUT2D eigenvalue weighted by atomic mass is 9.92. The Morgan fingerprint density at radius 2 is 1.67 bits per heavy atom. The van der Waals surface area contributed by atoms with Crippen LogP contribution in [0.5, 0.6) is 0 Å². The van der Waals surface area contributed by atoms with Crippen molar-refractivity contribution in [1.29, 1.82) is 0 Å². The summed E-state index contributed by atoms with van der Waals surface area (Å²) in [6.07, 6.45) is 7.24. The van der Waals surface area contributed by atoms with Gasteiger partial charge in [-0.25, -0.2) is 0 Å². The molecule has 90 valence electrons. The van der Waals surface area contributed by atoms with Crippen LogP contribution in [0.25, 0.3) is 0 Å². The van der Waals surface area contributed by atoms with E-state index in [2.05, 4.69) is 34.6 Å². The highest BCUT2D eigenvalue weighted by atomic mass is 14.5. The van der Waals surface area contributed by atoms with Gasteiger partial charge in [0, 0.05) is 0 Å². The zero-order valence-electron chi connectivity index (χ0n) is 11.4. The van der Waals surface area contributed by atoms with Gasteiger partial charge in [-0.3, -0.25) is 0 Å². The molecule has 0 saturated heterocycles. The Labute approximate surface area is 96.8 Å². The molecule has 1 aliphatic rings. The molecule has 0 amide bonds. The van der Waals surface area contributed by atoms with E-state index in [1.54, 1.807) is 0 Å². The molecule has 0 radical (unpaired) electrons. The maximum absolute atomic E-state index is 2.48. The Kier molecular flexibility index (Phi) is 5.15. The third-order valence-electron chi connectivity index (χ3n) is 4.53. The van der Waals surface area contributed by atoms with Crippen molar-refractivity contribution >= 4 is 0 Å². The molecule has 0 aliphatic heterocycles. The van der Waals surface area contributed by atoms with Crippen LogP contribution in [0.15, 0.2) is 0 Å². The first-order valence-electron chi connectivity index (χ1n) is 7.06. The number of hydrogen-bond donors (Lipinski definition) is 0. The molecular formula is C15H30. The van der Waals surface area contributed by atoms with Gasteiger partial charge < -0.3 is 0 Å². The summed E-state index contributed by atoms with van der Waals surface area (Å²) in [5.74, 6) is 4.98. The molecule has 0 heteroatoms. The van der Waals surface area contributed by atoms with Crippen LogP contribution in [0.1, 0.15) is 66.7 Å². The quantitative estimate of drug-likeness (QED) is 0.546. The van der Waals surface area contributed by atoms with Gasteiger partial charge in [0.05, 0.1) is 0 Å². The fourth-order valence-corrected chi connectivity index (χ4v) is 2.86. The van der Waals surface area contributed by atoms with Crippen molar-refractivity contribution < 1.29 is 0 Å². The molecule has 0 N–H and O–H groups in total. The maximum atomic E-state index is 2.48. The van der Waals surface area contributed by atoms with E-state index in [0.29, 0.717) is 0 Å². The van der Waals surface area contributed by atoms with Crippen LogP contribution >= 0.6 is 0 Å². The van der Waals surface area contributed by atoms with Gasteiger partial charge in [-0.15, -0.1) is 0 Å². The smallest absolute Gasteiger partial charge is 0.0355 e. The molecule has 0 aromatic carbocycles. The van der Waals surface area contributed by atoms with Crippen LogP contribution in [0, 0.1) is 29.6 Å². The molecule has 1 fully saturated rings. The molecule has 0 nitrogen and oxygen atoms in total. The molecule has 0 bridgehead atoms. The van der Waals surface area contributed by atoms with Gasteiger partial charge in [-0.1, -0.05) is 60.3 Å². The summed E-state index contributed by atoms with van der Waals surface area (Å²) in [5, 5.41) is 0. The average Bonchev–Trinajstić information content (AvgIpc) is 2.96. The zero-order chi connectivity index (χ0) is 11.4. The predicted octanol–water partition coefficient (Wildman–Crippen LogP) is 5.13. The molecule has 15 heavy (non-hydrogen) atoms. The van der Waals surface area contributed by atoms with Gasteiger partial charge >= 0.3 is 0 Å². The molecule has 0 aromatic heterocycles. The second kappa shape index (κ2) is 5.92. The van der Waals surface area contributed by atoms with E-state index in [4.69, 9.17) is 0 Å². The van der Waals surface area contributed by atoms with Crippen molar-refractivity contribution in [3.63, 3.8) is 0 Å². The Balaban J connectivity index is 2.08. The standard InChI is InChI=1S/C15H30/c1-6-12(4)8-7-9-13(5)15-10-14(15)11(2)3/h11-15H,6-10H2,1-5H3. The minimum atomic E-state index is 0.923. The van der Waals surface area contributed by atoms with Gasteiger partial charge in [0.15, 0.2) is 0 Å². The Morgan fingerprint density at radius 3 is 2.13 bits per heavy atom. The Hall–Kier alpha value is 0. The first kappa shape index (κ1) is 13.1. The second-order valence-electron chi connectivity index (χ2n) is 6.23. The SMILES string of the molecule is CCC(C)CCCC(C)C1CC1C(C)C. The third kappa shape index (κ3) is 4.17. The van der Waals surface area contributed by atoms with Crippen LogP contribution in [-0.4, -0.2) is 0 Å². The molecule has 1 saturated carbocycles. The lowest BCUT2D eigenvalue weighted by Crippen LogP contribution is -2.03. The van der Waals surface area contributed by atoms with Crippen LogP contribution in [0.3, 0.4) is 0 Å². The van der Waals surface area contributed by atoms with Crippen molar-refractivity contribution in [2.24, 2.45) is 29.6 Å². The highest BCUT2D eigenvalue weighted by Crippen LogP contribution is 2.50. The minimum Gasteiger partial charge on any atom is -0.0651 e. The van der Waals surface area contributed by atoms with E-state index in [1.165, 1.54) is 32.1 Å². The van der Waals surface area contributed by atoms with Crippen LogP contribution < -0.4 is 0 Å². The van der Waals surface area contributed by atoms with Crippen molar-refractivity contribution in [2.75, 3.05) is 0 Å². The minimum absolute atomic E-state index is 0.923. The molecule has 4 atom stereocenters. The molecular weight excluding hydrogens is 180 g/mol. The second-order valence-corrected chi connectivity index (χ2v) is 6.23. The van der Waals surface area contributed by atoms with Crippen molar-refractivity contribution in [3.8, 4) is 0 Å². The Bertz CT molecular complexity index is 171. The van der Waals surface area contributed by atoms with Gasteiger partial charge in [0.25, 0.3) is 0 Å². The summed E-state index contributed by atoms with van der Waals surface area (Å²) >= 11 is 0. The van der Waals surface area contributed by atoms with E-state index in [9.17, 15) is 0 Å². The lowest BCUT2D eigenvalue weighted by molar-refractivity contribution is 0.372. The van der Waals surface area contributed by atoms with E-state index < -0.39 is 0 Å². The maximum Gasteiger partial charge on any atom is -0.0355 e. The van der Waals surface area contributed by atoms with E-state index in [0.717, 1.165) is 29.6 Å². The van der Waals surface area contributed by atoms with E-state index in [-0.39, 0.29) is 0 Å². The zero-order valence-corrected chi connectivity index (χ0v) is 11.4. The van der Waals surface area contributed by atoms with Crippen LogP contribution in [-0.2, 0) is 0 Å². The summed E-state index contributed by atoms with van der Waals surface area (Å²) in [5.41, 5.74) is 0. The number of rotatable bonds is 7. The number of hydrogen-bond acceptors (Lipinski definition) is 0. The lowest BCUT2D eigenvalue weighted by Gasteiger charge is -2.14. The molecule has 0 heterocycles. The van der Waals surface area contributed by atoms with Gasteiger partial charge in [-0.05, 0) is 36.0 Å². The molecule has 1 aliphatic carbocycles.